The maximum Gasteiger partial charge on any atom is 0.273 e. The number of nitrogens with zero attached hydrogens (tertiary/aromatic N) is 7. The Kier molecular flexibility index (Phi) is 7.81. The molecule has 8 nitrogen and oxygen atoms in total. The van der Waals surface area contributed by atoms with Gasteiger partial charge in [-0.25, -0.2) is 4.98 Å². The summed E-state index contributed by atoms with van der Waals surface area (Å²) in [5, 5.41) is 13.0. The number of anilines is 1. The van der Waals surface area contributed by atoms with E-state index in [1.807, 2.05) is 51.2 Å². The average molecular weight is 588 g/mol. The second-order valence-corrected chi connectivity index (χ2v) is 11.7. The number of halogens is 1. The van der Waals surface area contributed by atoms with Crippen molar-refractivity contribution in [1.29, 1.82) is 0 Å². The first kappa shape index (κ1) is 26.5. The highest BCUT2D eigenvalue weighted by atomic mass is 35.5. The number of aryl methyl sites for hydroxylation is 1. The number of benzene rings is 2. The van der Waals surface area contributed by atoms with Crippen LogP contribution in [0.3, 0.4) is 0 Å². The third-order valence-corrected chi connectivity index (χ3v) is 8.96. The molecule has 4 heterocycles. The van der Waals surface area contributed by atoms with E-state index < -0.39 is 0 Å². The first-order chi connectivity index (χ1) is 19.6. The summed E-state index contributed by atoms with van der Waals surface area (Å²) in [7, 11) is 0. The zero-order valence-electron chi connectivity index (χ0n) is 21.8. The van der Waals surface area contributed by atoms with Gasteiger partial charge in [0.25, 0.3) is 5.91 Å². The summed E-state index contributed by atoms with van der Waals surface area (Å²) in [6, 6.07) is 19.8. The Hall–Kier alpha value is -3.73. The van der Waals surface area contributed by atoms with Crippen LogP contribution < -0.4 is 4.90 Å². The van der Waals surface area contributed by atoms with Crippen LogP contribution in [-0.4, -0.2) is 61.7 Å². The Balaban J connectivity index is 1.14. The van der Waals surface area contributed by atoms with Gasteiger partial charge in [0.15, 0.2) is 11.0 Å². The van der Waals surface area contributed by atoms with E-state index in [0.29, 0.717) is 40.5 Å². The van der Waals surface area contributed by atoms with Crippen molar-refractivity contribution in [2.24, 2.45) is 0 Å². The molecule has 0 bridgehead atoms. The molecule has 6 rings (SSSR count). The summed E-state index contributed by atoms with van der Waals surface area (Å²) < 4.78 is 1.99. The van der Waals surface area contributed by atoms with E-state index in [1.54, 1.807) is 12.4 Å². The number of amides is 1. The minimum Gasteiger partial charge on any atom is -0.368 e. The largest absolute Gasteiger partial charge is 0.368 e. The molecule has 1 aliphatic heterocycles. The number of hydrogen-bond acceptors (Lipinski definition) is 8. The van der Waals surface area contributed by atoms with Crippen molar-refractivity contribution < 1.29 is 4.79 Å². The third kappa shape index (κ3) is 5.60. The summed E-state index contributed by atoms with van der Waals surface area (Å²) >= 11 is 9.32. The number of thioether (sulfide) groups is 1. The second kappa shape index (κ2) is 11.8. The zero-order chi connectivity index (χ0) is 27.5. The number of hydrogen-bond donors (Lipinski definition) is 0. The van der Waals surface area contributed by atoms with Gasteiger partial charge in [0, 0.05) is 60.2 Å². The number of carbonyl (C=O) groups is 1. The van der Waals surface area contributed by atoms with E-state index >= 15 is 0 Å². The van der Waals surface area contributed by atoms with Crippen LogP contribution in [0.25, 0.3) is 17.1 Å². The van der Waals surface area contributed by atoms with E-state index in [4.69, 9.17) is 11.6 Å². The smallest absolute Gasteiger partial charge is 0.273 e. The highest BCUT2D eigenvalue weighted by molar-refractivity contribution is 7.98. The van der Waals surface area contributed by atoms with Crippen LogP contribution in [-0.2, 0) is 5.75 Å². The standard InChI is InChI=1S/C29H26ClN7OS2/c1-20-5-2-3-8-25(20)35-13-15-36(16-14-35)28(38)24-18-39-26(32-24)19-40-29-34-33-27(21-9-11-31-12-10-21)37(29)23-7-4-6-22(30)17-23/h2-12,17-18H,13-16,19H2,1H3. The predicted octanol–water partition coefficient (Wildman–Crippen LogP) is 6.00. The summed E-state index contributed by atoms with van der Waals surface area (Å²) in [6.45, 7) is 5.09. The molecule has 1 fully saturated rings. The van der Waals surface area contributed by atoms with Crippen molar-refractivity contribution in [3.05, 3.63) is 99.7 Å². The van der Waals surface area contributed by atoms with Gasteiger partial charge in [-0.05, 0) is 48.9 Å². The number of carbonyl (C=O) groups excluding carboxylic acids is 1. The fourth-order valence-electron chi connectivity index (χ4n) is 4.73. The molecule has 3 aromatic heterocycles. The van der Waals surface area contributed by atoms with Crippen molar-refractivity contribution in [3.63, 3.8) is 0 Å². The SMILES string of the molecule is Cc1ccccc1N1CCN(C(=O)c2csc(CSc3nnc(-c4ccncc4)n3-c3cccc(Cl)c3)n2)CC1. The fraction of sp³-hybridized carbons (Fsp3) is 0.207. The Morgan fingerprint density at radius 2 is 1.80 bits per heavy atom. The van der Waals surface area contributed by atoms with Crippen molar-refractivity contribution in [1.82, 2.24) is 29.6 Å². The normalized spacial score (nSPS) is 13.6. The molecule has 0 spiro atoms. The molecular weight excluding hydrogens is 562 g/mol. The zero-order valence-corrected chi connectivity index (χ0v) is 24.2. The molecule has 0 atom stereocenters. The van der Waals surface area contributed by atoms with Crippen LogP contribution in [0.2, 0.25) is 5.02 Å². The molecule has 0 radical (unpaired) electrons. The number of piperazine rings is 1. The molecule has 11 heteroatoms. The average Bonchev–Trinajstić information content (AvgIpc) is 3.64. The van der Waals surface area contributed by atoms with Crippen LogP contribution in [0.4, 0.5) is 5.69 Å². The number of rotatable bonds is 7. The van der Waals surface area contributed by atoms with Crippen molar-refractivity contribution in [2.45, 2.75) is 17.8 Å². The van der Waals surface area contributed by atoms with E-state index in [2.05, 4.69) is 56.3 Å². The Bertz CT molecular complexity index is 1630. The number of para-hydroxylation sites is 1. The van der Waals surface area contributed by atoms with E-state index in [0.717, 1.165) is 29.3 Å². The highest BCUT2D eigenvalue weighted by Crippen LogP contribution is 2.31. The van der Waals surface area contributed by atoms with Crippen molar-refractivity contribution in [2.75, 3.05) is 31.1 Å². The highest BCUT2D eigenvalue weighted by Gasteiger charge is 2.25. The quantitative estimate of drug-likeness (QED) is 0.216. The minimum absolute atomic E-state index is 0.0148. The molecule has 0 saturated carbocycles. The van der Waals surface area contributed by atoms with Crippen LogP contribution in [0.5, 0.6) is 0 Å². The lowest BCUT2D eigenvalue weighted by Gasteiger charge is -2.36. The van der Waals surface area contributed by atoms with Gasteiger partial charge in [0.05, 0.1) is 11.4 Å². The van der Waals surface area contributed by atoms with Gasteiger partial charge in [-0.2, -0.15) is 0 Å². The van der Waals surface area contributed by atoms with Gasteiger partial charge in [-0.3, -0.25) is 14.3 Å². The van der Waals surface area contributed by atoms with E-state index in [-0.39, 0.29) is 5.91 Å². The second-order valence-electron chi connectivity index (χ2n) is 9.34. The molecule has 2 aromatic carbocycles. The van der Waals surface area contributed by atoms with Crippen molar-refractivity contribution in [3.8, 4) is 17.1 Å². The lowest BCUT2D eigenvalue weighted by molar-refractivity contribution is 0.0741. The molecule has 202 valence electrons. The Morgan fingerprint density at radius 1 is 1.00 bits per heavy atom. The van der Waals surface area contributed by atoms with Gasteiger partial charge in [-0.1, -0.05) is 47.6 Å². The minimum atomic E-state index is -0.0148. The summed E-state index contributed by atoms with van der Waals surface area (Å²) in [4.78, 5) is 26.3. The number of pyridine rings is 1. The van der Waals surface area contributed by atoms with Gasteiger partial charge in [0.1, 0.15) is 10.7 Å². The molecule has 0 N–H and O–H groups in total. The van der Waals surface area contributed by atoms with Gasteiger partial charge in [-0.15, -0.1) is 21.5 Å². The lowest BCUT2D eigenvalue weighted by atomic mass is 10.1. The monoisotopic (exact) mass is 587 g/mol. The van der Waals surface area contributed by atoms with Gasteiger partial charge >= 0.3 is 0 Å². The predicted molar refractivity (Wildman–Crippen MR) is 161 cm³/mol. The fourth-order valence-corrected chi connectivity index (χ4v) is 6.65. The number of aromatic nitrogens is 5. The summed E-state index contributed by atoms with van der Waals surface area (Å²) in [5.74, 6) is 1.25. The molecule has 1 aliphatic rings. The van der Waals surface area contributed by atoms with Gasteiger partial charge in [0.2, 0.25) is 0 Å². The van der Waals surface area contributed by atoms with Crippen LogP contribution in [0.1, 0.15) is 21.1 Å². The van der Waals surface area contributed by atoms with Gasteiger partial charge < -0.3 is 9.80 Å². The molecular formula is C29H26ClN7OS2. The van der Waals surface area contributed by atoms with Crippen LogP contribution in [0, 0.1) is 6.92 Å². The summed E-state index contributed by atoms with van der Waals surface area (Å²) in [5.41, 5.74) is 4.76. The van der Waals surface area contributed by atoms with Crippen LogP contribution >= 0.6 is 34.7 Å². The molecule has 40 heavy (non-hydrogen) atoms. The van der Waals surface area contributed by atoms with E-state index in [1.165, 1.54) is 34.3 Å². The first-order valence-electron chi connectivity index (χ1n) is 12.9. The Morgan fingerprint density at radius 3 is 2.58 bits per heavy atom. The molecule has 0 aliphatic carbocycles. The first-order valence-corrected chi connectivity index (χ1v) is 15.1. The Labute approximate surface area is 245 Å². The van der Waals surface area contributed by atoms with E-state index in [9.17, 15) is 4.79 Å². The third-order valence-electron chi connectivity index (χ3n) is 6.76. The maximum absolute atomic E-state index is 13.2. The molecule has 5 aromatic rings. The topological polar surface area (TPSA) is 80.0 Å². The molecule has 1 amide bonds. The molecule has 1 saturated heterocycles. The lowest BCUT2D eigenvalue weighted by Crippen LogP contribution is -2.49. The number of thiazole rings is 1. The van der Waals surface area contributed by atoms with Crippen molar-refractivity contribution >= 4 is 46.3 Å². The maximum atomic E-state index is 13.2. The summed E-state index contributed by atoms with van der Waals surface area (Å²) in [6.07, 6.45) is 3.46. The molecule has 0 unspecified atom stereocenters. The van der Waals surface area contributed by atoms with Crippen LogP contribution in [0.15, 0.2) is 83.6 Å².